The van der Waals surface area contributed by atoms with Crippen molar-refractivity contribution < 1.29 is 14.6 Å². The molecule has 1 atom stereocenters. The van der Waals surface area contributed by atoms with Gasteiger partial charge in [-0.3, -0.25) is 0 Å². The summed E-state index contributed by atoms with van der Waals surface area (Å²) >= 11 is 5.91. The first-order valence-electron chi connectivity index (χ1n) is 6.56. The molecule has 1 aromatic carbocycles. The van der Waals surface area contributed by atoms with Gasteiger partial charge in [0.25, 0.3) is 0 Å². The Labute approximate surface area is 124 Å². The van der Waals surface area contributed by atoms with Crippen molar-refractivity contribution >= 4 is 23.3 Å². The first kappa shape index (κ1) is 16.6. The van der Waals surface area contributed by atoms with Gasteiger partial charge in [0.05, 0.1) is 18.4 Å². The van der Waals surface area contributed by atoms with E-state index in [1.54, 1.807) is 32.2 Å². The minimum atomic E-state index is -0.431. The molecule has 20 heavy (non-hydrogen) atoms. The molecule has 0 saturated heterocycles. The Bertz CT molecular complexity index is 452. The van der Waals surface area contributed by atoms with Gasteiger partial charge < -0.3 is 20.1 Å². The van der Waals surface area contributed by atoms with Gasteiger partial charge in [-0.05, 0) is 32.4 Å². The standard InChI is InChI=1S/C14H21ClN2O3/c1-4-20-13-9-11(15)5-6-12(13)16-14(19)17(3)8-7-10(2)18/h5-6,9-10,18H,4,7-8H2,1-3H3,(H,16,19). The molecule has 0 bridgehead atoms. The predicted octanol–water partition coefficient (Wildman–Crippen LogP) is 2.97. The Kier molecular flexibility index (Phi) is 6.61. The number of hydrogen-bond acceptors (Lipinski definition) is 3. The highest BCUT2D eigenvalue weighted by atomic mass is 35.5. The Morgan fingerprint density at radius 3 is 2.85 bits per heavy atom. The number of hydrogen-bond donors (Lipinski definition) is 2. The summed E-state index contributed by atoms with van der Waals surface area (Å²) in [5, 5.41) is 12.5. The number of ether oxygens (including phenoxy) is 1. The van der Waals surface area contributed by atoms with Gasteiger partial charge in [-0.25, -0.2) is 4.79 Å². The molecule has 112 valence electrons. The van der Waals surface area contributed by atoms with Crippen LogP contribution in [0.4, 0.5) is 10.5 Å². The molecule has 2 amide bonds. The van der Waals surface area contributed by atoms with E-state index < -0.39 is 6.10 Å². The van der Waals surface area contributed by atoms with E-state index in [0.717, 1.165) is 0 Å². The fraction of sp³-hybridized carbons (Fsp3) is 0.500. The van der Waals surface area contributed by atoms with Crippen LogP contribution in [0, 0.1) is 0 Å². The van der Waals surface area contributed by atoms with Gasteiger partial charge >= 0.3 is 6.03 Å². The van der Waals surface area contributed by atoms with Crippen LogP contribution in [0.2, 0.25) is 5.02 Å². The summed E-state index contributed by atoms with van der Waals surface area (Å²) < 4.78 is 5.44. The Hall–Kier alpha value is -1.46. The molecule has 0 radical (unpaired) electrons. The number of halogens is 1. The van der Waals surface area contributed by atoms with Crippen LogP contribution in [0.3, 0.4) is 0 Å². The lowest BCUT2D eigenvalue weighted by molar-refractivity contribution is 0.167. The summed E-state index contributed by atoms with van der Waals surface area (Å²) in [4.78, 5) is 13.5. The lowest BCUT2D eigenvalue weighted by Gasteiger charge is -2.20. The predicted molar refractivity (Wildman–Crippen MR) is 80.6 cm³/mol. The zero-order valence-corrected chi connectivity index (χ0v) is 12.8. The number of benzene rings is 1. The normalized spacial score (nSPS) is 11.8. The number of nitrogens with zero attached hydrogens (tertiary/aromatic N) is 1. The molecule has 0 aromatic heterocycles. The van der Waals surface area contributed by atoms with E-state index in [-0.39, 0.29) is 6.03 Å². The summed E-state index contributed by atoms with van der Waals surface area (Å²) in [5.74, 6) is 0.539. The molecule has 0 aliphatic carbocycles. The number of rotatable bonds is 6. The first-order valence-corrected chi connectivity index (χ1v) is 6.94. The second-order valence-corrected chi connectivity index (χ2v) is 5.00. The van der Waals surface area contributed by atoms with Crippen LogP contribution in [-0.4, -0.2) is 42.3 Å². The number of carbonyl (C=O) groups is 1. The number of nitrogens with one attached hydrogen (secondary N) is 1. The molecule has 2 N–H and O–H groups in total. The maximum Gasteiger partial charge on any atom is 0.321 e. The largest absolute Gasteiger partial charge is 0.492 e. The number of amides is 2. The Balaban J connectivity index is 2.69. The second-order valence-electron chi connectivity index (χ2n) is 4.56. The zero-order valence-electron chi connectivity index (χ0n) is 12.0. The highest BCUT2D eigenvalue weighted by molar-refractivity contribution is 6.30. The van der Waals surface area contributed by atoms with E-state index in [9.17, 15) is 9.90 Å². The number of aliphatic hydroxyl groups excluding tert-OH is 1. The highest BCUT2D eigenvalue weighted by Gasteiger charge is 2.12. The van der Waals surface area contributed by atoms with Crippen LogP contribution in [0.25, 0.3) is 0 Å². The molecule has 0 heterocycles. The van der Waals surface area contributed by atoms with Gasteiger partial charge in [0, 0.05) is 24.7 Å². The van der Waals surface area contributed by atoms with Crippen molar-refractivity contribution in [2.45, 2.75) is 26.4 Å². The molecule has 1 unspecified atom stereocenters. The van der Waals surface area contributed by atoms with Crippen LogP contribution in [0.1, 0.15) is 20.3 Å². The van der Waals surface area contributed by atoms with Crippen molar-refractivity contribution in [2.24, 2.45) is 0 Å². The summed E-state index contributed by atoms with van der Waals surface area (Å²) in [6, 6.07) is 4.80. The van der Waals surface area contributed by atoms with Crippen molar-refractivity contribution in [2.75, 3.05) is 25.5 Å². The quantitative estimate of drug-likeness (QED) is 0.849. The average molecular weight is 301 g/mol. The SMILES string of the molecule is CCOc1cc(Cl)ccc1NC(=O)N(C)CCC(C)O. The van der Waals surface area contributed by atoms with E-state index in [1.807, 2.05) is 6.92 Å². The molecule has 6 heteroatoms. The lowest BCUT2D eigenvalue weighted by atomic mass is 10.2. The van der Waals surface area contributed by atoms with Gasteiger partial charge in [-0.2, -0.15) is 0 Å². The van der Waals surface area contributed by atoms with Crippen molar-refractivity contribution in [3.05, 3.63) is 23.2 Å². The van der Waals surface area contributed by atoms with Crippen molar-refractivity contribution in [3.63, 3.8) is 0 Å². The van der Waals surface area contributed by atoms with Gasteiger partial charge in [-0.15, -0.1) is 0 Å². The number of anilines is 1. The first-order chi connectivity index (χ1) is 9.43. The Morgan fingerprint density at radius 2 is 2.25 bits per heavy atom. The van der Waals surface area contributed by atoms with Crippen molar-refractivity contribution in [3.8, 4) is 5.75 Å². The van der Waals surface area contributed by atoms with Gasteiger partial charge in [0.15, 0.2) is 0 Å². The number of aliphatic hydroxyl groups is 1. The van der Waals surface area contributed by atoms with Crippen molar-refractivity contribution in [1.29, 1.82) is 0 Å². The maximum absolute atomic E-state index is 12.0. The molecule has 0 saturated carbocycles. The minimum absolute atomic E-state index is 0.256. The monoisotopic (exact) mass is 300 g/mol. The second kappa shape index (κ2) is 7.97. The van der Waals surface area contributed by atoms with Crippen molar-refractivity contribution in [1.82, 2.24) is 4.90 Å². The van der Waals surface area contributed by atoms with Gasteiger partial charge in [0.2, 0.25) is 0 Å². The topological polar surface area (TPSA) is 61.8 Å². The van der Waals surface area contributed by atoms with Crippen LogP contribution >= 0.6 is 11.6 Å². The third-order valence-corrected chi connectivity index (χ3v) is 2.95. The third kappa shape index (κ3) is 5.27. The van der Waals surface area contributed by atoms with Crippen LogP contribution in [0.15, 0.2) is 18.2 Å². The highest BCUT2D eigenvalue weighted by Crippen LogP contribution is 2.28. The zero-order chi connectivity index (χ0) is 15.1. The third-order valence-electron chi connectivity index (χ3n) is 2.71. The fourth-order valence-corrected chi connectivity index (χ4v) is 1.73. The summed E-state index contributed by atoms with van der Waals surface area (Å²) in [6.45, 7) is 4.52. The average Bonchev–Trinajstić information content (AvgIpc) is 2.39. The molecular weight excluding hydrogens is 280 g/mol. The van der Waals surface area contributed by atoms with Gasteiger partial charge in [-0.1, -0.05) is 11.6 Å². The number of urea groups is 1. The van der Waals surface area contributed by atoms with Crippen LogP contribution < -0.4 is 10.1 Å². The minimum Gasteiger partial charge on any atom is -0.492 e. The van der Waals surface area contributed by atoms with Crippen LogP contribution in [-0.2, 0) is 0 Å². The lowest BCUT2D eigenvalue weighted by Crippen LogP contribution is -2.33. The molecule has 0 spiro atoms. The molecular formula is C14H21ClN2O3. The molecule has 1 rings (SSSR count). The van der Waals surface area contributed by atoms with Crippen LogP contribution in [0.5, 0.6) is 5.75 Å². The van der Waals surface area contributed by atoms with E-state index >= 15 is 0 Å². The number of carbonyl (C=O) groups excluding carboxylic acids is 1. The summed E-state index contributed by atoms with van der Waals surface area (Å²) in [6.07, 6.45) is 0.0998. The smallest absolute Gasteiger partial charge is 0.321 e. The fourth-order valence-electron chi connectivity index (χ4n) is 1.57. The molecule has 0 aliphatic heterocycles. The summed E-state index contributed by atoms with van der Waals surface area (Å²) in [5.41, 5.74) is 0.574. The molecule has 0 aliphatic rings. The molecule has 5 nitrogen and oxygen atoms in total. The molecule has 1 aromatic rings. The Morgan fingerprint density at radius 1 is 1.55 bits per heavy atom. The maximum atomic E-state index is 12.0. The summed E-state index contributed by atoms with van der Waals surface area (Å²) in [7, 11) is 1.67. The van der Waals surface area contributed by atoms with E-state index in [1.165, 1.54) is 4.90 Å². The van der Waals surface area contributed by atoms with Gasteiger partial charge in [0.1, 0.15) is 5.75 Å². The van der Waals surface area contributed by atoms with E-state index in [0.29, 0.717) is 36.0 Å². The van der Waals surface area contributed by atoms with E-state index in [2.05, 4.69) is 5.32 Å². The van der Waals surface area contributed by atoms with E-state index in [4.69, 9.17) is 16.3 Å². The molecule has 0 fully saturated rings.